The summed E-state index contributed by atoms with van der Waals surface area (Å²) < 4.78 is 0. The lowest BCUT2D eigenvalue weighted by molar-refractivity contribution is -0.140. The third-order valence-corrected chi connectivity index (χ3v) is 7.02. The van der Waals surface area contributed by atoms with Crippen molar-refractivity contribution in [1.82, 2.24) is 10.2 Å². The molecular formula is C27H27Cl2N3O3. The summed E-state index contributed by atoms with van der Waals surface area (Å²) in [6.07, 6.45) is 0.663. The van der Waals surface area contributed by atoms with Crippen LogP contribution in [0.15, 0.2) is 54.6 Å². The Bertz CT molecular complexity index is 1290. The minimum absolute atomic E-state index is 0.0485. The van der Waals surface area contributed by atoms with Crippen LogP contribution in [-0.2, 0) is 16.1 Å². The van der Waals surface area contributed by atoms with E-state index in [-0.39, 0.29) is 30.7 Å². The highest BCUT2D eigenvalue weighted by Gasteiger charge is 2.30. The van der Waals surface area contributed by atoms with Gasteiger partial charge in [0.15, 0.2) is 0 Å². The van der Waals surface area contributed by atoms with E-state index in [1.165, 1.54) is 0 Å². The van der Waals surface area contributed by atoms with Gasteiger partial charge in [-0.1, -0.05) is 53.5 Å². The number of amides is 3. The topological polar surface area (TPSA) is 69.7 Å². The first-order chi connectivity index (χ1) is 16.8. The van der Waals surface area contributed by atoms with Gasteiger partial charge in [-0.3, -0.25) is 14.4 Å². The van der Waals surface area contributed by atoms with Crippen LogP contribution in [0.1, 0.15) is 42.6 Å². The number of anilines is 1. The van der Waals surface area contributed by atoms with Crippen LogP contribution in [0.2, 0.25) is 10.0 Å². The predicted molar refractivity (Wildman–Crippen MR) is 140 cm³/mol. The molecule has 0 bridgehead atoms. The number of nitrogens with zero attached hydrogens (tertiary/aromatic N) is 2. The van der Waals surface area contributed by atoms with E-state index in [0.717, 1.165) is 22.0 Å². The zero-order valence-electron chi connectivity index (χ0n) is 19.7. The molecule has 3 aromatic carbocycles. The van der Waals surface area contributed by atoms with Crippen molar-refractivity contribution in [3.8, 4) is 0 Å². The molecule has 0 aliphatic carbocycles. The molecule has 1 atom stereocenters. The molecule has 0 unspecified atom stereocenters. The molecule has 6 nitrogen and oxygen atoms in total. The second-order valence-electron chi connectivity index (χ2n) is 8.58. The standard InChI is InChI=1S/C27H27Cl2N3O3/c1-3-30-26(34)17(2)32(16-18-12-13-21(28)22(29)15-18)24(33)11-6-14-31-23-10-5-8-19-7-4-9-20(25(19)23)27(31)35/h4-5,7-10,12-13,15,17H,3,6,11,14,16H2,1-2H3,(H,30,34)/t17-/m0/s1. The molecule has 0 saturated heterocycles. The molecule has 1 aliphatic rings. The molecule has 35 heavy (non-hydrogen) atoms. The van der Waals surface area contributed by atoms with E-state index in [1.54, 1.807) is 34.9 Å². The van der Waals surface area contributed by atoms with Crippen LogP contribution in [0, 0.1) is 0 Å². The Morgan fingerprint density at radius 3 is 2.51 bits per heavy atom. The fourth-order valence-electron chi connectivity index (χ4n) is 4.47. The summed E-state index contributed by atoms with van der Waals surface area (Å²) >= 11 is 12.2. The minimum Gasteiger partial charge on any atom is -0.355 e. The maximum absolute atomic E-state index is 13.3. The number of carbonyl (C=O) groups excluding carboxylic acids is 3. The Morgan fingerprint density at radius 2 is 1.80 bits per heavy atom. The van der Waals surface area contributed by atoms with Crippen LogP contribution in [-0.4, -0.2) is 41.8 Å². The van der Waals surface area contributed by atoms with Crippen LogP contribution in [0.25, 0.3) is 10.8 Å². The molecule has 3 amide bonds. The lowest BCUT2D eigenvalue weighted by Crippen LogP contribution is -2.47. The van der Waals surface area contributed by atoms with Gasteiger partial charge < -0.3 is 15.1 Å². The Kier molecular flexibility index (Phi) is 7.63. The van der Waals surface area contributed by atoms with E-state index in [1.807, 2.05) is 43.3 Å². The molecule has 3 aromatic rings. The summed E-state index contributed by atoms with van der Waals surface area (Å²) in [6.45, 7) is 4.65. The van der Waals surface area contributed by atoms with Crippen molar-refractivity contribution in [3.05, 3.63) is 75.8 Å². The second kappa shape index (κ2) is 10.7. The van der Waals surface area contributed by atoms with E-state index in [4.69, 9.17) is 23.2 Å². The lowest BCUT2D eigenvalue weighted by Gasteiger charge is -2.29. The number of carbonyl (C=O) groups is 3. The van der Waals surface area contributed by atoms with Gasteiger partial charge in [-0.25, -0.2) is 0 Å². The quantitative estimate of drug-likeness (QED) is 0.415. The highest BCUT2D eigenvalue weighted by atomic mass is 35.5. The Hall–Kier alpha value is -3.09. The van der Waals surface area contributed by atoms with E-state index in [0.29, 0.717) is 35.1 Å². The highest BCUT2D eigenvalue weighted by molar-refractivity contribution is 6.42. The summed E-state index contributed by atoms with van der Waals surface area (Å²) in [7, 11) is 0. The molecule has 8 heteroatoms. The van der Waals surface area contributed by atoms with Crippen molar-refractivity contribution < 1.29 is 14.4 Å². The normalized spacial score (nSPS) is 13.3. The first-order valence-corrected chi connectivity index (χ1v) is 12.4. The molecule has 0 fully saturated rings. The van der Waals surface area contributed by atoms with E-state index < -0.39 is 6.04 Å². The molecule has 1 N–H and O–H groups in total. The number of hydrogen-bond acceptors (Lipinski definition) is 3. The first kappa shape index (κ1) is 25.0. The zero-order chi connectivity index (χ0) is 25.1. The Balaban J connectivity index is 1.47. The summed E-state index contributed by atoms with van der Waals surface area (Å²) in [5.74, 6) is -0.442. The number of benzene rings is 3. The van der Waals surface area contributed by atoms with Crippen molar-refractivity contribution >= 4 is 57.4 Å². The predicted octanol–water partition coefficient (Wildman–Crippen LogP) is 5.44. The molecule has 1 heterocycles. The van der Waals surface area contributed by atoms with Gasteiger partial charge in [0.05, 0.1) is 15.7 Å². The van der Waals surface area contributed by atoms with E-state index >= 15 is 0 Å². The van der Waals surface area contributed by atoms with Crippen LogP contribution >= 0.6 is 23.2 Å². The molecule has 4 rings (SSSR count). The second-order valence-corrected chi connectivity index (χ2v) is 9.40. The van der Waals surface area contributed by atoms with Gasteiger partial charge in [0.2, 0.25) is 11.8 Å². The maximum Gasteiger partial charge on any atom is 0.258 e. The van der Waals surface area contributed by atoms with Gasteiger partial charge in [-0.2, -0.15) is 0 Å². The summed E-state index contributed by atoms with van der Waals surface area (Å²) in [6, 6.07) is 16.1. The number of nitrogens with one attached hydrogen (secondary N) is 1. The summed E-state index contributed by atoms with van der Waals surface area (Å²) in [5.41, 5.74) is 2.34. The van der Waals surface area contributed by atoms with Gasteiger partial charge >= 0.3 is 0 Å². The van der Waals surface area contributed by atoms with Crippen molar-refractivity contribution in [3.63, 3.8) is 0 Å². The summed E-state index contributed by atoms with van der Waals surface area (Å²) in [4.78, 5) is 42.1. The maximum atomic E-state index is 13.3. The van der Waals surface area contributed by atoms with Crippen molar-refractivity contribution in [2.24, 2.45) is 0 Å². The fourth-order valence-corrected chi connectivity index (χ4v) is 4.79. The molecule has 182 valence electrons. The van der Waals surface area contributed by atoms with Crippen LogP contribution < -0.4 is 10.2 Å². The molecule has 0 spiro atoms. The Labute approximate surface area is 214 Å². The number of halogens is 2. The molecule has 1 aliphatic heterocycles. The van der Waals surface area contributed by atoms with Crippen molar-refractivity contribution in [1.29, 1.82) is 0 Å². The van der Waals surface area contributed by atoms with Crippen LogP contribution in [0.4, 0.5) is 5.69 Å². The largest absolute Gasteiger partial charge is 0.355 e. The average molecular weight is 512 g/mol. The van der Waals surface area contributed by atoms with Crippen molar-refractivity contribution in [2.75, 3.05) is 18.0 Å². The average Bonchev–Trinajstić information content (AvgIpc) is 3.12. The number of hydrogen-bond donors (Lipinski definition) is 1. The molecular weight excluding hydrogens is 485 g/mol. The van der Waals surface area contributed by atoms with Crippen molar-refractivity contribution in [2.45, 2.75) is 39.3 Å². The third-order valence-electron chi connectivity index (χ3n) is 6.28. The first-order valence-electron chi connectivity index (χ1n) is 11.7. The minimum atomic E-state index is -0.664. The van der Waals surface area contributed by atoms with Gasteiger partial charge in [-0.15, -0.1) is 0 Å². The molecule has 0 saturated carbocycles. The SMILES string of the molecule is CCNC(=O)[C@H](C)N(Cc1ccc(Cl)c(Cl)c1)C(=O)CCCN1C(=O)c2cccc3cccc1c23. The van der Waals surface area contributed by atoms with Gasteiger partial charge in [-0.05, 0) is 55.5 Å². The molecule has 0 aromatic heterocycles. The Morgan fingerprint density at radius 1 is 1.06 bits per heavy atom. The van der Waals surface area contributed by atoms with E-state index in [2.05, 4.69) is 5.32 Å². The molecule has 0 radical (unpaired) electrons. The smallest absolute Gasteiger partial charge is 0.258 e. The lowest BCUT2D eigenvalue weighted by atomic mass is 10.1. The number of likely N-dealkylation sites (N-methyl/N-ethyl adjacent to an activating group) is 1. The monoisotopic (exact) mass is 511 g/mol. The van der Waals surface area contributed by atoms with Crippen LogP contribution in [0.3, 0.4) is 0 Å². The fraction of sp³-hybridized carbons (Fsp3) is 0.296. The highest BCUT2D eigenvalue weighted by Crippen LogP contribution is 2.37. The van der Waals surface area contributed by atoms with E-state index in [9.17, 15) is 14.4 Å². The summed E-state index contributed by atoms with van der Waals surface area (Å²) in [5, 5.41) is 5.58. The van der Waals surface area contributed by atoms with Gasteiger partial charge in [0.1, 0.15) is 6.04 Å². The number of rotatable bonds is 9. The van der Waals surface area contributed by atoms with Crippen LogP contribution in [0.5, 0.6) is 0 Å². The zero-order valence-corrected chi connectivity index (χ0v) is 21.2. The third kappa shape index (κ3) is 5.14. The van der Waals surface area contributed by atoms with Gasteiger partial charge in [0.25, 0.3) is 5.91 Å². The van der Waals surface area contributed by atoms with Gasteiger partial charge in [0, 0.05) is 37.0 Å².